The molecular weight excluding hydrogens is 188 g/mol. The first-order chi connectivity index (χ1) is 7.31. The molecule has 0 amide bonds. The van der Waals surface area contributed by atoms with Crippen LogP contribution in [0.5, 0.6) is 0 Å². The molecule has 0 fully saturated rings. The van der Waals surface area contributed by atoms with Crippen molar-refractivity contribution in [3.05, 3.63) is 29.1 Å². The Bertz CT molecular complexity index is 355. The summed E-state index contributed by atoms with van der Waals surface area (Å²) >= 11 is 0. The van der Waals surface area contributed by atoms with Crippen LogP contribution in [0.1, 0.15) is 23.7 Å². The van der Waals surface area contributed by atoms with E-state index in [1.54, 1.807) is 0 Å². The van der Waals surface area contributed by atoms with Crippen molar-refractivity contribution in [1.29, 1.82) is 0 Å². The van der Waals surface area contributed by atoms with Crippen LogP contribution in [0.15, 0.2) is 12.3 Å². The Kier molecular flexibility index (Phi) is 3.23. The van der Waals surface area contributed by atoms with Crippen LogP contribution in [0.4, 0.5) is 0 Å². The molecule has 0 bridgehead atoms. The molecule has 1 aromatic heterocycles. The summed E-state index contributed by atoms with van der Waals surface area (Å²) in [5.41, 5.74) is 9.76. The molecule has 1 aromatic rings. The van der Waals surface area contributed by atoms with Crippen LogP contribution < -0.4 is 5.73 Å². The summed E-state index contributed by atoms with van der Waals surface area (Å²) in [5, 5.41) is 0. The van der Waals surface area contributed by atoms with Crippen LogP contribution in [0.2, 0.25) is 0 Å². The smallest absolute Gasteiger partial charge is 0.0507 e. The van der Waals surface area contributed by atoms with Crippen molar-refractivity contribution in [3.63, 3.8) is 0 Å². The van der Waals surface area contributed by atoms with Gasteiger partial charge in [0.05, 0.1) is 6.61 Å². The lowest BCUT2D eigenvalue weighted by Crippen LogP contribution is -2.22. The van der Waals surface area contributed by atoms with E-state index in [4.69, 9.17) is 10.5 Å². The standard InChI is InChI=1S/C12H18N2O/c1-2-15-6-5-9-8-14-12-7-10(13)3-4-11(9)12/h3-4,8,10,14H,2,5-7,13H2,1H3. The van der Waals surface area contributed by atoms with Gasteiger partial charge in [0.1, 0.15) is 0 Å². The first-order valence-corrected chi connectivity index (χ1v) is 5.52. The summed E-state index contributed by atoms with van der Waals surface area (Å²) in [6.45, 7) is 3.60. The minimum absolute atomic E-state index is 0.163. The Hall–Kier alpha value is -1.06. The molecule has 82 valence electrons. The van der Waals surface area contributed by atoms with Gasteiger partial charge in [0.25, 0.3) is 0 Å². The highest BCUT2D eigenvalue weighted by Gasteiger charge is 2.14. The SMILES string of the molecule is CCOCCc1c[nH]c2c1C=CC(N)C2. The first kappa shape index (κ1) is 10.5. The van der Waals surface area contributed by atoms with E-state index < -0.39 is 0 Å². The van der Waals surface area contributed by atoms with Gasteiger partial charge >= 0.3 is 0 Å². The molecule has 1 heterocycles. The average Bonchev–Trinajstić information content (AvgIpc) is 2.61. The van der Waals surface area contributed by atoms with Crippen molar-refractivity contribution in [1.82, 2.24) is 4.98 Å². The van der Waals surface area contributed by atoms with Gasteiger partial charge in [0, 0.05) is 31.0 Å². The summed E-state index contributed by atoms with van der Waals surface area (Å²) in [5.74, 6) is 0. The van der Waals surface area contributed by atoms with Crippen molar-refractivity contribution in [2.45, 2.75) is 25.8 Å². The summed E-state index contributed by atoms with van der Waals surface area (Å²) in [7, 11) is 0. The summed E-state index contributed by atoms with van der Waals surface area (Å²) in [4.78, 5) is 3.30. The van der Waals surface area contributed by atoms with Crippen LogP contribution in [0.25, 0.3) is 6.08 Å². The molecule has 0 spiro atoms. The van der Waals surface area contributed by atoms with Gasteiger partial charge in [-0.05, 0) is 24.5 Å². The normalized spacial score (nSPS) is 19.2. The van der Waals surface area contributed by atoms with Gasteiger partial charge in [-0.15, -0.1) is 0 Å². The van der Waals surface area contributed by atoms with Crippen LogP contribution in [0.3, 0.4) is 0 Å². The van der Waals surface area contributed by atoms with Crippen LogP contribution >= 0.6 is 0 Å². The van der Waals surface area contributed by atoms with Crippen molar-refractivity contribution < 1.29 is 4.74 Å². The maximum absolute atomic E-state index is 5.85. The van der Waals surface area contributed by atoms with Crippen molar-refractivity contribution >= 4 is 6.08 Å². The molecule has 3 N–H and O–H groups in total. The van der Waals surface area contributed by atoms with Gasteiger partial charge in [-0.25, -0.2) is 0 Å². The Morgan fingerprint density at radius 1 is 1.60 bits per heavy atom. The van der Waals surface area contributed by atoms with E-state index in [0.717, 1.165) is 26.1 Å². The minimum atomic E-state index is 0.163. The zero-order valence-corrected chi connectivity index (χ0v) is 9.12. The number of rotatable bonds is 4. The Morgan fingerprint density at radius 3 is 3.27 bits per heavy atom. The van der Waals surface area contributed by atoms with E-state index in [2.05, 4.69) is 23.3 Å². The maximum atomic E-state index is 5.85. The van der Waals surface area contributed by atoms with E-state index in [0.29, 0.717) is 0 Å². The molecule has 1 aliphatic carbocycles. The van der Waals surface area contributed by atoms with Gasteiger partial charge < -0.3 is 15.5 Å². The molecule has 0 radical (unpaired) electrons. The fourth-order valence-electron chi connectivity index (χ4n) is 1.96. The zero-order chi connectivity index (χ0) is 10.7. The number of hydrogen-bond acceptors (Lipinski definition) is 2. The highest BCUT2D eigenvalue weighted by atomic mass is 16.5. The van der Waals surface area contributed by atoms with Gasteiger partial charge in [-0.2, -0.15) is 0 Å². The molecular formula is C12H18N2O. The van der Waals surface area contributed by atoms with Crippen molar-refractivity contribution in [2.24, 2.45) is 5.73 Å². The van der Waals surface area contributed by atoms with Gasteiger partial charge in [0.15, 0.2) is 0 Å². The topological polar surface area (TPSA) is 51.0 Å². The number of fused-ring (bicyclic) bond motifs is 1. The molecule has 2 rings (SSSR count). The molecule has 15 heavy (non-hydrogen) atoms. The zero-order valence-electron chi connectivity index (χ0n) is 9.12. The highest BCUT2D eigenvalue weighted by molar-refractivity contribution is 5.60. The van der Waals surface area contributed by atoms with Gasteiger partial charge in [-0.3, -0.25) is 0 Å². The fourth-order valence-corrected chi connectivity index (χ4v) is 1.96. The molecule has 1 aliphatic rings. The second-order valence-corrected chi connectivity index (χ2v) is 3.88. The van der Waals surface area contributed by atoms with Crippen molar-refractivity contribution in [3.8, 4) is 0 Å². The number of H-pyrrole nitrogens is 1. The first-order valence-electron chi connectivity index (χ1n) is 5.52. The predicted octanol–water partition coefficient (Wildman–Crippen LogP) is 1.49. The average molecular weight is 206 g/mol. The lowest BCUT2D eigenvalue weighted by atomic mass is 9.98. The molecule has 0 aromatic carbocycles. The molecule has 3 nitrogen and oxygen atoms in total. The highest BCUT2D eigenvalue weighted by Crippen LogP contribution is 2.22. The van der Waals surface area contributed by atoms with E-state index in [1.807, 2.05) is 6.92 Å². The molecule has 0 saturated carbocycles. The quantitative estimate of drug-likeness (QED) is 0.733. The molecule has 0 aliphatic heterocycles. The van der Waals surface area contributed by atoms with E-state index in [1.165, 1.54) is 16.8 Å². The van der Waals surface area contributed by atoms with Gasteiger partial charge in [0.2, 0.25) is 0 Å². The monoisotopic (exact) mass is 206 g/mol. The molecule has 1 atom stereocenters. The second kappa shape index (κ2) is 4.64. The number of hydrogen-bond donors (Lipinski definition) is 2. The molecule has 3 heteroatoms. The number of nitrogens with two attached hydrogens (primary N) is 1. The maximum Gasteiger partial charge on any atom is 0.0507 e. The third-order valence-corrected chi connectivity index (χ3v) is 2.76. The Balaban J connectivity index is 2.06. The minimum Gasteiger partial charge on any atom is -0.381 e. The number of nitrogens with one attached hydrogen (secondary N) is 1. The summed E-state index contributed by atoms with van der Waals surface area (Å²) in [6.07, 6.45) is 8.16. The lowest BCUT2D eigenvalue weighted by molar-refractivity contribution is 0.151. The third kappa shape index (κ3) is 2.30. The second-order valence-electron chi connectivity index (χ2n) is 3.88. The lowest BCUT2D eigenvalue weighted by Gasteiger charge is -2.12. The number of aromatic amines is 1. The Labute approximate surface area is 90.3 Å². The predicted molar refractivity (Wildman–Crippen MR) is 61.7 cm³/mol. The summed E-state index contributed by atoms with van der Waals surface area (Å²) in [6, 6.07) is 0.163. The number of aromatic nitrogens is 1. The largest absolute Gasteiger partial charge is 0.381 e. The van der Waals surface area contributed by atoms with Crippen LogP contribution in [-0.2, 0) is 17.6 Å². The van der Waals surface area contributed by atoms with Gasteiger partial charge in [-0.1, -0.05) is 12.2 Å². The van der Waals surface area contributed by atoms with E-state index in [9.17, 15) is 0 Å². The third-order valence-electron chi connectivity index (χ3n) is 2.76. The van der Waals surface area contributed by atoms with E-state index >= 15 is 0 Å². The summed E-state index contributed by atoms with van der Waals surface area (Å²) < 4.78 is 5.36. The van der Waals surface area contributed by atoms with Crippen LogP contribution in [0, 0.1) is 0 Å². The van der Waals surface area contributed by atoms with Crippen LogP contribution in [-0.4, -0.2) is 24.2 Å². The molecule has 1 unspecified atom stereocenters. The van der Waals surface area contributed by atoms with E-state index in [-0.39, 0.29) is 6.04 Å². The molecule has 0 saturated heterocycles. The fraction of sp³-hybridized carbons (Fsp3) is 0.500. The number of ether oxygens (including phenoxy) is 1. The van der Waals surface area contributed by atoms with Crippen molar-refractivity contribution in [2.75, 3.05) is 13.2 Å². The Morgan fingerprint density at radius 2 is 2.47 bits per heavy atom.